The minimum atomic E-state index is 0.0751. The number of hydrogen-bond acceptors (Lipinski definition) is 5. The lowest BCUT2D eigenvalue weighted by molar-refractivity contribution is 0.0972. The first-order chi connectivity index (χ1) is 13.9. The lowest BCUT2D eigenvalue weighted by Crippen LogP contribution is -2.18. The van der Waals surface area contributed by atoms with Gasteiger partial charge < -0.3 is 10.6 Å². The molecule has 0 radical (unpaired) electrons. The summed E-state index contributed by atoms with van der Waals surface area (Å²) in [6, 6.07) is 11.8. The van der Waals surface area contributed by atoms with Gasteiger partial charge in [-0.25, -0.2) is 4.98 Å². The van der Waals surface area contributed by atoms with Gasteiger partial charge in [-0.05, 0) is 74.6 Å². The van der Waals surface area contributed by atoms with Crippen molar-refractivity contribution in [2.75, 3.05) is 10.6 Å². The van der Waals surface area contributed by atoms with E-state index in [4.69, 9.17) is 11.6 Å². The minimum absolute atomic E-state index is 0.0751. The van der Waals surface area contributed by atoms with Gasteiger partial charge in [0.1, 0.15) is 5.82 Å². The van der Waals surface area contributed by atoms with Gasteiger partial charge in [-0.15, -0.1) is 0 Å². The number of Topliss-reactive ketones (excluding diaryl/α,β-unsaturated/α-hetero) is 1. The van der Waals surface area contributed by atoms with Crippen LogP contribution < -0.4 is 10.6 Å². The second-order valence-electron chi connectivity index (χ2n) is 7.46. The van der Waals surface area contributed by atoms with Crippen molar-refractivity contribution in [1.82, 2.24) is 9.97 Å². The average Bonchev–Trinajstić information content (AvgIpc) is 2.68. The lowest BCUT2D eigenvalue weighted by Gasteiger charge is -2.20. The molecule has 5 nitrogen and oxygen atoms in total. The fourth-order valence-corrected chi connectivity index (χ4v) is 3.66. The SMILES string of the molecule is Cc1ccc(Nc2nc3c(c(Nc4cccc(Cl)c4C)n2)C(=O)CCC3)cc1C. The zero-order valence-corrected chi connectivity index (χ0v) is 17.5. The molecule has 0 fully saturated rings. The second-order valence-corrected chi connectivity index (χ2v) is 7.86. The number of ketones is 1. The minimum Gasteiger partial charge on any atom is -0.339 e. The molecule has 0 bridgehead atoms. The normalized spacial score (nSPS) is 13.2. The molecular formula is C23H23ClN4O. The van der Waals surface area contributed by atoms with Gasteiger partial charge in [-0.3, -0.25) is 4.79 Å². The molecule has 4 rings (SSSR count). The molecule has 1 aliphatic carbocycles. The highest BCUT2D eigenvalue weighted by Gasteiger charge is 2.25. The molecule has 1 aromatic heterocycles. The number of halogens is 1. The van der Waals surface area contributed by atoms with Gasteiger partial charge in [0.05, 0.1) is 11.3 Å². The van der Waals surface area contributed by atoms with Crippen LogP contribution in [0.2, 0.25) is 5.02 Å². The highest BCUT2D eigenvalue weighted by molar-refractivity contribution is 6.31. The third kappa shape index (κ3) is 3.96. The van der Waals surface area contributed by atoms with Crippen LogP contribution in [0.25, 0.3) is 0 Å². The molecule has 1 aliphatic rings. The predicted octanol–water partition coefficient (Wildman–Crippen LogP) is 6.06. The fourth-order valence-electron chi connectivity index (χ4n) is 3.49. The van der Waals surface area contributed by atoms with Gasteiger partial charge in [0.15, 0.2) is 5.78 Å². The van der Waals surface area contributed by atoms with Crippen LogP contribution in [0.1, 0.15) is 45.6 Å². The number of anilines is 4. The number of carbonyl (C=O) groups is 1. The molecule has 2 N–H and O–H groups in total. The number of rotatable bonds is 4. The van der Waals surface area contributed by atoms with Gasteiger partial charge in [-0.1, -0.05) is 23.7 Å². The molecule has 0 aliphatic heterocycles. The van der Waals surface area contributed by atoms with E-state index in [0.717, 1.165) is 35.5 Å². The Bertz CT molecular complexity index is 1110. The zero-order valence-electron chi connectivity index (χ0n) is 16.8. The van der Waals surface area contributed by atoms with Crippen molar-refractivity contribution in [3.8, 4) is 0 Å². The maximum atomic E-state index is 12.6. The number of aryl methyl sites for hydroxylation is 3. The molecule has 6 heteroatoms. The average molecular weight is 407 g/mol. The topological polar surface area (TPSA) is 66.9 Å². The molecule has 29 heavy (non-hydrogen) atoms. The van der Waals surface area contributed by atoms with E-state index in [1.807, 2.05) is 31.2 Å². The summed E-state index contributed by atoms with van der Waals surface area (Å²) in [5.74, 6) is 1.08. The Kier molecular flexibility index (Phi) is 5.24. The Balaban J connectivity index is 1.76. The molecule has 148 valence electrons. The first-order valence-corrected chi connectivity index (χ1v) is 10.1. The standard InChI is InChI=1S/C23H23ClN4O/c1-13-10-11-16(12-14(13)2)25-23-27-19-8-5-9-20(29)21(19)22(28-23)26-18-7-4-6-17(24)15(18)3/h4,6-7,10-12H,5,8-9H2,1-3H3,(H2,25,26,27,28). The van der Waals surface area contributed by atoms with Crippen molar-refractivity contribution in [2.45, 2.75) is 40.0 Å². The number of nitrogens with zero attached hydrogens (tertiary/aromatic N) is 2. The Labute approximate surface area is 175 Å². The maximum Gasteiger partial charge on any atom is 0.229 e. The largest absolute Gasteiger partial charge is 0.339 e. The van der Waals surface area contributed by atoms with Gasteiger partial charge in [0, 0.05) is 22.8 Å². The van der Waals surface area contributed by atoms with E-state index in [1.54, 1.807) is 0 Å². The summed E-state index contributed by atoms with van der Waals surface area (Å²) in [5.41, 5.74) is 6.44. The van der Waals surface area contributed by atoms with Crippen molar-refractivity contribution in [2.24, 2.45) is 0 Å². The third-order valence-electron chi connectivity index (χ3n) is 5.36. The number of carbonyl (C=O) groups excluding carboxylic acids is 1. The Morgan fingerprint density at radius 1 is 0.966 bits per heavy atom. The second kappa shape index (κ2) is 7.84. The summed E-state index contributed by atoms with van der Waals surface area (Å²) < 4.78 is 0. The summed E-state index contributed by atoms with van der Waals surface area (Å²) in [4.78, 5) is 21.9. The number of aromatic nitrogens is 2. The summed E-state index contributed by atoms with van der Waals surface area (Å²) in [5, 5.41) is 7.28. The molecule has 0 saturated carbocycles. The van der Waals surface area contributed by atoms with Crippen LogP contribution in [0.3, 0.4) is 0 Å². The van der Waals surface area contributed by atoms with Gasteiger partial charge >= 0.3 is 0 Å². The molecule has 0 spiro atoms. The fraction of sp³-hybridized carbons (Fsp3) is 0.261. The molecule has 0 atom stereocenters. The number of hydrogen-bond donors (Lipinski definition) is 2. The smallest absolute Gasteiger partial charge is 0.229 e. The summed E-state index contributed by atoms with van der Waals surface area (Å²) >= 11 is 6.27. The Morgan fingerprint density at radius 3 is 2.59 bits per heavy atom. The van der Waals surface area contributed by atoms with E-state index >= 15 is 0 Å². The van der Waals surface area contributed by atoms with Crippen LogP contribution >= 0.6 is 11.6 Å². The van der Waals surface area contributed by atoms with E-state index in [0.29, 0.717) is 28.8 Å². The zero-order chi connectivity index (χ0) is 20.5. The van der Waals surface area contributed by atoms with Gasteiger partial charge in [0.2, 0.25) is 5.95 Å². The third-order valence-corrected chi connectivity index (χ3v) is 5.77. The van der Waals surface area contributed by atoms with Crippen LogP contribution in [0, 0.1) is 20.8 Å². The van der Waals surface area contributed by atoms with Gasteiger partial charge in [0.25, 0.3) is 0 Å². The Morgan fingerprint density at radius 2 is 1.79 bits per heavy atom. The number of nitrogens with one attached hydrogen (secondary N) is 2. The summed E-state index contributed by atoms with van der Waals surface area (Å²) in [7, 11) is 0. The van der Waals surface area contributed by atoms with Crippen molar-refractivity contribution in [1.29, 1.82) is 0 Å². The van der Waals surface area contributed by atoms with Crippen LogP contribution in [0.4, 0.5) is 23.1 Å². The summed E-state index contributed by atoms with van der Waals surface area (Å²) in [6.07, 6.45) is 2.08. The van der Waals surface area contributed by atoms with Crippen LogP contribution in [-0.2, 0) is 6.42 Å². The van der Waals surface area contributed by atoms with E-state index in [9.17, 15) is 4.79 Å². The first-order valence-electron chi connectivity index (χ1n) is 9.73. The van der Waals surface area contributed by atoms with E-state index in [2.05, 4.69) is 46.6 Å². The molecule has 1 heterocycles. The first kappa shape index (κ1) is 19.4. The van der Waals surface area contributed by atoms with Crippen molar-refractivity contribution < 1.29 is 4.79 Å². The molecule has 2 aromatic carbocycles. The predicted molar refractivity (Wildman–Crippen MR) is 118 cm³/mol. The maximum absolute atomic E-state index is 12.6. The Hall–Kier alpha value is -2.92. The number of benzene rings is 2. The van der Waals surface area contributed by atoms with Crippen molar-refractivity contribution in [3.63, 3.8) is 0 Å². The molecule has 0 unspecified atom stereocenters. The molecule has 0 saturated heterocycles. The molecule has 0 amide bonds. The van der Waals surface area contributed by atoms with E-state index in [1.165, 1.54) is 11.1 Å². The summed E-state index contributed by atoms with van der Waals surface area (Å²) in [6.45, 7) is 6.09. The van der Waals surface area contributed by atoms with E-state index in [-0.39, 0.29) is 5.78 Å². The quantitative estimate of drug-likeness (QED) is 0.551. The molecular weight excluding hydrogens is 384 g/mol. The monoisotopic (exact) mass is 406 g/mol. The van der Waals surface area contributed by atoms with Crippen LogP contribution in [-0.4, -0.2) is 15.8 Å². The van der Waals surface area contributed by atoms with Crippen molar-refractivity contribution >= 4 is 40.5 Å². The molecule has 3 aromatic rings. The van der Waals surface area contributed by atoms with Crippen molar-refractivity contribution in [3.05, 3.63) is 69.4 Å². The highest BCUT2D eigenvalue weighted by atomic mass is 35.5. The highest BCUT2D eigenvalue weighted by Crippen LogP contribution is 2.32. The van der Waals surface area contributed by atoms with Gasteiger partial charge in [-0.2, -0.15) is 4.98 Å². The number of fused-ring (bicyclic) bond motifs is 1. The van der Waals surface area contributed by atoms with Crippen LogP contribution in [0.15, 0.2) is 36.4 Å². The lowest BCUT2D eigenvalue weighted by atomic mass is 9.95. The van der Waals surface area contributed by atoms with Crippen LogP contribution in [0.5, 0.6) is 0 Å². The van der Waals surface area contributed by atoms with E-state index < -0.39 is 0 Å².